The third-order valence-corrected chi connectivity index (χ3v) is 12.0. The van der Waals surface area contributed by atoms with E-state index in [-0.39, 0.29) is 11.5 Å². The molecule has 0 spiro atoms. The summed E-state index contributed by atoms with van der Waals surface area (Å²) in [5.74, 6) is 0.787. The lowest BCUT2D eigenvalue weighted by Gasteiger charge is -2.24. The normalized spacial score (nSPS) is 11.6. The van der Waals surface area contributed by atoms with Crippen molar-refractivity contribution in [3.05, 3.63) is 96.8 Å². The van der Waals surface area contributed by atoms with Gasteiger partial charge in [-0.05, 0) is 81.1 Å². The van der Waals surface area contributed by atoms with Gasteiger partial charge in [-0.3, -0.25) is 4.57 Å². The van der Waals surface area contributed by atoms with E-state index in [1.54, 1.807) is 0 Å². The first-order valence-electron chi connectivity index (χ1n) is 18.0. The van der Waals surface area contributed by atoms with E-state index >= 15 is 0 Å². The maximum Gasteiger partial charge on any atom is 0.164 e. The van der Waals surface area contributed by atoms with Crippen LogP contribution in [0.2, 0.25) is 0 Å². The number of imidazole rings is 1. The minimum Gasteiger partial charge on any atom is -0.505 e. The zero-order valence-corrected chi connectivity index (χ0v) is 31.4. The fourth-order valence-electron chi connectivity index (χ4n) is 8.55. The number of hydrogen-bond donors (Lipinski definition) is 2. The van der Waals surface area contributed by atoms with Gasteiger partial charge in [-0.2, -0.15) is 0 Å². The Morgan fingerprint density at radius 3 is 1.73 bits per heavy atom. The van der Waals surface area contributed by atoms with Crippen molar-refractivity contribution in [2.24, 2.45) is 0 Å². The van der Waals surface area contributed by atoms with Gasteiger partial charge in [0.05, 0.1) is 11.0 Å². The lowest BCUT2D eigenvalue weighted by molar-refractivity contribution is 0.409. The van der Waals surface area contributed by atoms with Crippen LogP contribution in [0.3, 0.4) is 0 Å². The number of aromatic hydroxyl groups is 2. The molecule has 0 saturated carbocycles. The molecule has 1 aromatic heterocycles. The summed E-state index contributed by atoms with van der Waals surface area (Å²) in [5, 5.41) is 27.3. The van der Waals surface area contributed by atoms with Gasteiger partial charge in [0.15, 0.2) is 11.5 Å². The number of fused-ring (bicyclic) bond motifs is 3. The summed E-state index contributed by atoms with van der Waals surface area (Å²) in [7, 11) is 17.0. The third kappa shape index (κ3) is 4.91. The predicted octanol–water partition coefficient (Wildman–Crippen LogP) is -3.88. The van der Waals surface area contributed by atoms with Crippen molar-refractivity contribution in [3.63, 3.8) is 0 Å². The molecular formula is C40H36B8N2O2. The van der Waals surface area contributed by atoms with Crippen molar-refractivity contribution in [1.29, 1.82) is 0 Å². The van der Waals surface area contributed by atoms with Gasteiger partial charge in [-0.15, -0.1) is 16.4 Å². The molecule has 0 bridgehead atoms. The number of aromatic nitrogens is 2. The molecule has 1 heterocycles. The molecule has 0 aliphatic carbocycles. The second-order valence-corrected chi connectivity index (χ2v) is 14.5. The molecule has 242 valence electrons. The third-order valence-electron chi connectivity index (χ3n) is 12.0. The molecule has 12 heteroatoms. The summed E-state index contributed by atoms with van der Waals surface area (Å²) in [6, 6.07) is 32.3. The van der Waals surface area contributed by atoms with E-state index in [1.165, 1.54) is 32.9 Å². The second kappa shape index (κ2) is 12.4. The van der Waals surface area contributed by atoms with Crippen molar-refractivity contribution < 1.29 is 10.2 Å². The molecule has 52 heavy (non-hydrogen) atoms. The Morgan fingerprint density at radius 1 is 0.462 bits per heavy atom. The van der Waals surface area contributed by atoms with Crippen LogP contribution in [-0.2, 0) is 0 Å². The van der Waals surface area contributed by atoms with E-state index in [0.717, 1.165) is 77.3 Å². The zero-order chi connectivity index (χ0) is 36.7. The summed E-state index contributed by atoms with van der Waals surface area (Å²) in [4.78, 5) is 4.86. The summed E-state index contributed by atoms with van der Waals surface area (Å²) in [6.07, 6.45) is 0. The van der Waals surface area contributed by atoms with E-state index < -0.39 is 0 Å². The number of benzene rings is 7. The smallest absolute Gasteiger partial charge is 0.164 e. The van der Waals surface area contributed by atoms with Crippen molar-refractivity contribution in [1.82, 2.24) is 9.55 Å². The molecule has 2 N–H and O–H groups in total. The minimum absolute atomic E-state index is 0.0670. The van der Waals surface area contributed by atoms with Crippen LogP contribution >= 0.6 is 0 Å². The predicted molar refractivity (Wildman–Crippen MR) is 246 cm³/mol. The Balaban J connectivity index is 1.53. The maximum atomic E-state index is 11.8. The zero-order valence-electron chi connectivity index (χ0n) is 31.4. The molecule has 4 nitrogen and oxygen atoms in total. The van der Waals surface area contributed by atoms with E-state index in [2.05, 4.69) is 143 Å². The van der Waals surface area contributed by atoms with E-state index in [0.29, 0.717) is 11.0 Å². The van der Waals surface area contributed by atoms with Crippen LogP contribution in [0, 0.1) is 6.92 Å². The van der Waals surface area contributed by atoms with E-state index in [1.807, 2.05) is 21.8 Å². The van der Waals surface area contributed by atoms with Crippen molar-refractivity contribution in [2.45, 2.75) is 6.92 Å². The van der Waals surface area contributed by atoms with Gasteiger partial charge in [-0.1, -0.05) is 88.0 Å². The standard InChI is InChI=1S/C40H36B8N2O2/c1-17-49-25-11-4-5-12-26(25)50(17)20-8-6-7-18(15-20)27-21-9-2-3-10-22(21)29(30-33(43)36(46)38(48)40(52)39(30)51)24-16-19(13-14-23(24)27)28-31(41)34(44)37(47)35(45)32(28)42/h2-16,51-52H,41-48H2,1H3. The van der Waals surface area contributed by atoms with Gasteiger partial charge >= 0.3 is 0 Å². The Labute approximate surface area is 312 Å². The SMILES string of the molecule is Bc1c(B)c(B)c(-c2ccc3c(-c4cccc(-n5c(C)nc6ccccc65)c4)c4ccccc4c(-c4c(B)c(B)c(B)c(O)c4O)c3c2)c(B)c1B. The largest absolute Gasteiger partial charge is 0.505 e. The summed E-state index contributed by atoms with van der Waals surface area (Å²) in [5.41, 5.74) is 18.4. The maximum absolute atomic E-state index is 11.8. The molecule has 8 rings (SSSR count). The summed E-state index contributed by atoms with van der Waals surface area (Å²) in [6.45, 7) is 2.06. The number of aryl methyl sites for hydroxylation is 1. The molecule has 0 fully saturated rings. The van der Waals surface area contributed by atoms with Gasteiger partial charge in [0, 0.05) is 16.8 Å². The Hall–Kier alpha value is -5.35. The van der Waals surface area contributed by atoms with Crippen LogP contribution in [-0.4, -0.2) is 82.5 Å². The van der Waals surface area contributed by atoms with E-state index in [9.17, 15) is 10.2 Å². The molecular weight excluding hydrogens is 627 g/mol. The van der Waals surface area contributed by atoms with Crippen LogP contribution in [0.5, 0.6) is 11.5 Å². The molecule has 0 unspecified atom stereocenters. The molecule has 0 aliphatic heterocycles. The van der Waals surface area contributed by atoms with Gasteiger partial charge in [0.25, 0.3) is 0 Å². The number of nitrogens with zero attached hydrogens (tertiary/aromatic N) is 2. The summed E-state index contributed by atoms with van der Waals surface area (Å²) >= 11 is 0. The average molecular weight is 663 g/mol. The van der Waals surface area contributed by atoms with Crippen molar-refractivity contribution in [2.75, 3.05) is 0 Å². The molecule has 0 aliphatic rings. The first kappa shape index (κ1) is 33.8. The quantitative estimate of drug-likeness (QED) is 0.115. The fraction of sp³-hybridized carbons (Fsp3) is 0.0250. The molecule has 7 aromatic carbocycles. The molecule has 0 atom stereocenters. The fourth-order valence-corrected chi connectivity index (χ4v) is 8.55. The average Bonchev–Trinajstić information content (AvgIpc) is 3.50. The number of phenols is 2. The van der Waals surface area contributed by atoms with Crippen LogP contribution in [0.4, 0.5) is 0 Å². The molecule has 0 saturated heterocycles. The van der Waals surface area contributed by atoms with Crippen LogP contribution in [0.15, 0.2) is 91.0 Å². The van der Waals surface area contributed by atoms with Crippen LogP contribution in [0.25, 0.3) is 71.6 Å². The van der Waals surface area contributed by atoms with Gasteiger partial charge < -0.3 is 10.2 Å². The lowest BCUT2D eigenvalue weighted by Crippen LogP contribution is -2.55. The monoisotopic (exact) mass is 664 g/mol. The number of hydrogen-bond acceptors (Lipinski definition) is 3. The number of para-hydroxylation sites is 2. The Morgan fingerprint density at radius 2 is 1.02 bits per heavy atom. The lowest BCUT2D eigenvalue weighted by atomic mass is 9.59. The van der Waals surface area contributed by atoms with Crippen LogP contribution in [0.1, 0.15) is 5.82 Å². The van der Waals surface area contributed by atoms with Crippen molar-refractivity contribution in [3.8, 4) is 50.6 Å². The van der Waals surface area contributed by atoms with Crippen LogP contribution < -0.4 is 43.7 Å². The molecule has 0 amide bonds. The molecule has 8 aromatic rings. The Bertz CT molecular complexity index is 2770. The number of rotatable bonds is 4. The second-order valence-electron chi connectivity index (χ2n) is 14.5. The Kier molecular flexibility index (Phi) is 8.06. The first-order chi connectivity index (χ1) is 24.9. The van der Waals surface area contributed by atoms with E-state index in [4.69, 9.17) is 4.98 Å². The number of phenolic OH excluding ortho intramolecular Hbond substituents is 2. The van der Waals surface area contributed by atoms with Gasteiger partial charge in [-0.25, -0.2) is 4.98 Å². The highest BCUT2D eigenvalue weighted by Crippen LogP contribution is 2.47. The molecule has 0 radical (unpaired) electrons. The highest BCUT2D eigenvalue weighted by atomic mass is 16.3. The van der Waals surface area contributed by atoms with Gasteiger partial charge in [0.1, 0.15) is 68.6 Å². The highest BCUT2D eigenvalue weighted by Gasteiger charge is 2.25. The first-order valence-corrected chi connectivity index (χ1v) is 18.0. The summed E-state index contributed by atoms with van der Waals surface area (Å²) < 4.78 is 2.22. The minimum atomic E-state index is -0.0796. The highest BCUT2D eigenvalue weighted by molar-refractivity contribution is 6.68. The van der Waals surface area contributed by atoms with Crippen molar-refractivity contribution >= 4 is 139 Å². The van der Waals surface area contributed by atoms with Gasteiger partial charge in [0.2, 0.25) is 0 Å². The topological polar surface area (TPSA) is 58.3 Å².